The highest BCUT2D eigenvalue weighted by Crippen LogP contribution is 2.22. The minimum atomic E-state index is -1.08. The van der Waals surface area contributed by atoms with Crippen molar-refractivity contribution in [1.29, 1.82) is 0 Å². The molecule has 1 aromatic heterocycles. The summed E-state index contributed by atoms with van der Waals surface area (Å²) < 4.78 is 5.34. The maximum Gasteiger partial charge on any atom is 0.322 e. The number of carbonyl (C=O) groups is 2. The van der Waals surface area contributed by atoms with Crippen LogP contribution in [0.1, 0.15) is 34.6 Å². The van der Waals surface area contributed by atoms with Gasteiger partial charge in [-0.25, -0.2) is 4.98 Å². The van der Waals surface area contributed by atoms with Crippen LogP contribution in [0.5, 0.6) is 0 Å². The topological polar surface area (TPSA) is 88.5 Å². The second-order valence-electron chi connectivity index (χ2n) is 3.24. The number of carboxylic acid groups (broad SMARTS) is 1. The average Bonchev–Trinajstić information content (AvgIpc) is 2.75. The average molecular weight is 258 g/mol. The quantitative estimate of drug-likeness (QED) is 0.796. The van der Waals surface area contributed by atoms with E-state index in [9.17, 15) is 9.59 Å². The van der Waals surface area contributed by atoms with Crippen LogP contribution in [0, 0.1) is 0 Å². The number of thiazole rings is 1. The Morgan fingerprint density at radius 2 is 2.35 bits per heavy atom. The first kappa shape index (κ1) is 13.6. The molecule has 1 aromatic rings. The molecule has 0 fully saturated rings. The summed E-state index contributed by atoms with van der Waals surface area (Å²) in [6.45, 7) is 3.90. The number of amides is 1. The summed E-state index contributed by atoms with van der Waals surface area (Å²) in [4.78, 5) is 26.2. The number of rotatable bonds is 6. The van der Waals surface area contributed by atoms with Crippen molar-refractivity contribution in [3.8, 4) is 0 Å². The van der Waals surface area contributed by atoms with Gasteiger partial charge in [0.25, 0.3) is 5.91 Å². The molecule has 0 bridgehead atoms. The van der Waals surface area contributed by atoms with E-state index in [1.165, 1.54) is 17.5 Å². The van der Waals surface area contributed by atoms with E-state index in [1.807, 2.05) is 13.8 Å². The van der Waals surface area contributed by atoms with Crippen molar-refractivity contribution in [3.05, 3.63) is 16.1 Å². The molecule has 7 heteroatoms. The monoisotopic (exact) mass is 258 g/mol. The third-order valence-corrected chi connectivity index (χ3v) is 3.07. The SMILES string of the molecule is CCOC(C)c1ncc(C(=O)NCC(=O)O)s1. The van der Waals surface area contributed by atoms with Gasteiger partial charge in [-0.2, -0.15) is 0 Å². The fraction of sp³-hybridized carbons (Fsp3) is 0.500. The normalized spacial score (nSPS) is 12.1. The lowest BCUT2D eigenvalue weighted by molar-refractivity contribution is -0.135. The van der Waals surface area contributed by atoms with Gasteiger partial charge in [-0.3, -0.25) is 9.59 Å². The number of carbonyl (C=O) groups excluding carboxylic acids is 1. The van der Waals surface area contributed by atoms with Crippen LogP contribution in [0.25, 0.3) is 0 Å². The molecule has 0 aliphatic rings. The first-order valence-electron chi connectivity index (χ1n) is 5.12. The molecule has 1 unspecified atom stereocenters. The number of hydrogen-bond donors (Lipinski definition) is 2. The first-order chi connectivity index (χ1) is 8.04. The maximum atomic E-state index is 11.5. The van der Waals surface area contributed by atoms with Crippen molar-refractivity contribution in [2.75, 3.05) is 13.2 Å². The number of aliphatic carboxylic acids is 1. The second kappa shape index (κ2) is 6.31. The number of ether oxygens (including phenoxy) is 1. The van der Waals surface area contributed by atoms with Crippen LogP contribution >= 0.6 is 11.3 Å². The summed E-state index contributed by atoms with van der Waals surface area (Å²) in [5, 5.41) is 11.4. The summed E-state index contributed by atoms with van der Waals surface area (Å²) in [6.07, 6.45) is 1.26. The molecule has 17 heavy (non-hydrogen) atoms. The van der Waals surface area contributed by atoms with E-state index in [1.54, 1.807) is 0 Å². The Morgan fingerprint density at radius 3 is 2.94 bits per heavy atom. The molecule has 1 amide bonds. The highest BCUT2D eigenvalue weighted by atomic mass is 32.1. The van der Waals surface area contributed by atoms with E-state index in [2.05, 4.69) is 10.3 Å². The molecule has 1 atom stereocenters. The summed E-state index contributed by atoms with van der Waals surface area (Å²) >= 11 is 1.20. The molecule has 1 heterocycles. The molecule has 94 valence electrons. The van der Waals surface area contributed by atoms with Gasteiger partial charge in [-0.05, 0) is 13.8 Å². The minimum absolute atomic E-state index is 0.161. The predicted molar refractivity (Wildman–Crippen MR) is 62.1 cm³/mol. The standard InChI is InChI=1S/C10H14N2O4S/c1-3-16-6(2)10-12-4-7(17-10)9(15)11-5-8(13)14/h4,6H,3,5H2,1-2H3,(H,11,15)(H,13,14). The Labute approximate surface area is 103 Å². The molecule has 0 saturated carbocycles. The largest absolute Gasteiger partial charge is 0.480 e. The van der Waals surface area contributed by atoms with Gasteiger partial charge in [0.1, 0.15) is 22.5 Å². The van der Waals surface area contributed by atoms with Gasteiger partial charge in [0.2, 0.25) is 0 Å². The number of aromatic nitrogens is 1. The summed E-state index contributed by atoms with van der Waals surface area (Å²) in [5.41, 5.74) is 0. The zero-order chi connectivity index (χ0) is 12.8. The highest BCUT2D eigenvalue weighted by Gasteiger charge is 2.15. The van der Waals surface area contributed by atoms with E-state index in [-0.39, 0.29) is 6.10 Å². The van der Waals surface area contributed by atoms with Gasteiger partial charge in [-0.15, -0.1) is 11.3 Å². The van der Waals surface area contributed by atoms with Crippen molar-refractivity contribution >= 4 is 23.2 Å². The number of nitrogens with zero attached hydrogens (tertiary/aromatic N) is 1. The lowest BCUT2D eigenvalue weighted by atomic mass is 10.4. The lowest BCUT2D eigenvalue weighted by Gasteiger charge is -2.06. The zero-order valence-corrected chi connectivity index (χ0v) is 10.4. The molecule has 0 aliphatic heterocycles. The molecule has 0 aromatic carbocycles. The van der Waals surface area contributed by atoms with Crippen LogP contribution in [0.15, 0.2) is 6.20 Å². The van der Waals surface area contributed by atoms with Crippen molar-refractivity contribution in [3.63, 3.8) is 0 Å². The number of nitrogens with one attached hydrogen (secondary N) is 1. The Bertz CT molecular complexity index is 405. The Hall–Kier alpha value is -1.47. The predicted octanol–water partition coefficient (Wildman–Crippen LogP) is 1.05. The Kier molecular flexibility index (Phi) is 5.05. The van der Waals surface area contributed by atoms with Crippen LogP contribution in [-0.4, -0.2) is 35.1 Å². The lowest BCUT2D eigenvalue weighted by Crippen LogP contribution is -2.28. The molecule has 1 rings (SSSR count). The first-order valence-corrected chi connectivity index (χ1v) is 5.93. The third kappa shape index (κ3) is 4.12. The van der Waals surface area contributed by atoms with Gasteiger partial charge in [0.05, 0.1) is 6.20 Å². The van der Waals surface area contributed by atoms with Crippen LogP contribution in [-0.2, 0) is 9.53 Å². The molecular formula is C10H14N2O4S. The van der Waals surface area contributed by atoms with Gasteiger partial charge in [0, 0.05) is 6.61 Å². The van der Waals surface area contributed by atoms with Crippen molar-refractivity contribution < 1.29 is 19.4 Å². The van der Waals surface area contributed by atoms with E-state index < -0.39 is 18.4 Å². The molecule has 0 aliphatic carbocycles. The van der Waals surface area contributed by atoms with Gasteiger partial charge in [0.15, 0.2) is 0 Å². The molecule has 0 radical (unpaired) electrons. The zero-order valence-electron chi connectivity index (χ0n) is 9.60. The Morgan fingerprint density at radius 1 is 1.65 bits per heavy atom. The highest BCUT2D eigenvalue weighted by molar-refractivity contribution is 7.13. The summed E-state index contributed by atoms with van der Waals surface area (Å²) in [6, 6.07) is 0. The number of carboxylic acids is 1. The molecule has 0 saturated heterocycles. The maximum absolute atomic E-state index is 11.5. The van der Waals surface area contributed by atoms with Crippen LogP contribution in [0.3, 0.4) is 0 Å². The van der Waals surface area contributed by atoms with E-state index in [4.69, 9.17) is 9.84 Å². The molecule has 0 spiro atoms. The van der Waals surface area contributed by atoms with Crippen LogP contribution in [0.4, 0.5) is 0 Å². The van der Waals surface area contributed by atoms with Gasteiger partial charge >= 0.3 is 5.97 Å². The van der Waals surface area contributed by atoms with Crippen molar-refractivity contribution in [2.45, 2.75) is 20.0 Å². The third-order valence-electron chi connectivity index (χ3n) is 1.91. The Balaban J connectivity index is 2.61. The fourth-order valence-electron chi connectivity index (χ4n) is 1.14. The molecule has 2 N–H and O–H groups in total. The second-order valence-corrected chi connectivity index (χ2v) is 4.30. The smallest absolute Gasteiger partial charge is 0.322 e. The van der Waals surface area contributed by atoms with Crippen LogP contribution in [0.2, 0.25) is 0 Å². The minimum Gasteiger partial charge on any atom is -0.480 e. The van der Waals surface area contributed by atoms with E-state index in [0.717, 1.165) is 0 Å². The van der Waals surface area contributed by atoms with Gasteiger partial charge in [-0.1, -0.05) is 0 Å². The summed E-state index contributed by atoms with van der Waals surface area (Å²) in [7, 11) is 0. The summed E-state index contributed by atoms with van der Waals surface area (Å²) in [5.74, 6) is -1.51. The molecular weight excluding hydrogens is 244 g/mol. The van der Waals surface area contributed by atoms with E-state index >= 15 is 0 Å². The van der Waals surface area contributed by atoms with Crippen molar-refractivity contribution in [1.82, 2.24) is 10.3 Å². The molecule has 6 nitrogen and oxygen atoms in total. The van der Waals surface area contributed by atoms with Crippen molar-refractivity contribution in [2.24, 2.45) is 0 Å². The fourth-order valence-corrected chi connectivity index (χ4v) is 1.98. The van der Waals surface area contributed by atoms with Gasteiger partial charge < -0.3 is 15.2 Å². The van der Waals surface area contributed by atoms with E-state index in [0.29, 0.717) is 16.5 Å². The number of hydrogen-bond acceptors (Lipinski definition) is 5. The van der Waals surface area contributed by atoms with Crippen LogP contribution < -0.4 is 5.32 Å².